The van der Waals surface area contributed by atoms with Gasteiger partial charge in [0.05, 0.1) is 0 Å². The average molecular weight is 397 g/mol. The maximum absolute atomic E-state index is 10.9. The lowest BCUT2D eigenvalue weighted by atomic mass is 9.94. The van der Waals surface area contributed by atoms with Crippen LogP contribution >= 0.6 is 0 Å². The van der Waals surface area contributed by atoms with Crippen LogP contribution in [0.4, 0.5) is 0 Å². The van der Waals surface area contributed by atoms with E-state index in [0.717, 1.165) is 62.4 Å². The number of hydrogen-bond donors (Lipinski definition) is 2. The predicted octanol–water partition coefficient (Wildman–Crippen LogP) is 3.71. The van der Waals surface area contributed by atoms with Crippen molar-refractivity contribution in [3.8, 4) is 5.75 Å². The van der Waals surface area contributed by atoms with Gasteiger partial charge in [0.2, 0.25) is 0 Å². The van der Waals surface area contributed by atoms with Gasteiger partial charge < -0.3 is 15.2 Å². The van der Waals surface area contributed by atoms with Crippen LogP contribution in [0.5, 0.6) is 5.75 Å². The first kappa shape index (κ1) is 21.3. The topological polar surface area (TPSA) is 61.8 Å². The highest BCUT2D eigenvalue weighted by atomic mass is 16.5. The van der Waals surface area contributed by atoms with Crippen LogP contribution in [0.3, 0.4) is 0 Å². The van der Waals surface area contributed by atoms with Gasteiger partial charge in [-0.15, -0.1) is 0 Å². The van der Waals surface area contributed by atoms with Crippen LogP contribution in [-0.2, 0) is 24.4 Å². The van der Waals surface area contributed by atoms with E-state index in [1.807, 2.05) is 31.2 Å². The molecule has 5 nitrogen and oxygen atoms in total. The number of carbonyl (C=O) groups is 1. The van der Waals surface area contributed by atoms with E-state index < -0.39 is 5.97 Å². The first-order valence-electron chi connectivity index (χ1n) is 10.6. The zero-order valence-electron chi connectivity index (χ0n) is 17.3. The molecule has 3 rings (SSSR count). The molecular weight excluding hydrogens is 364 g/mol. The number of ether oxygens (including phenoxy) is 1. The predicted molar refractivity (Wildman–Crippen MR) is 115 cm³/mol. The molecule has 2 N–H and O–H groups in total. The summed E-state index contributed by atoms with van der Waals surface area (Å²) < 4.78 is 5.92. The van der Waals surface area contributed by atoms with Gasteiger partial charge in [-0.3, -0.25) is 9.69 Å². The standard InChI is InChI=1S/C24H32N2O3/c1-2-19(16-24(27)28)15-20-7-9-23(10-8-20)29-18-22-5-3-21(4-6-22)17-26-13-11-25-12-14-26/h3-10,19,25H,2,11-18H2,1H3,(H,27,28). The molecule has 0 aromatic heterocycles. The van der Waals surface area contributed by atoms with Crippen molar-refractivity contribution in [2.75, 3.05) is 26.2 Å². The SMILES string of the molecule is CCC(CC(=O)O)Cc1ccc(OCc2ccc(CN3CCNCC3)cc2)cc1. The molecular formula is C24H32N2O3. The van der Waals surface area contributed by atoms with E-state index >= 15 is 0 Å². The van der Waals surface area contributed by atoms with Crippen LogP contribution in [0.2, 0.25) is 0 Å². The van der Waals surface area contributed by atoms with Crippen LogP contribution in [0.15, 0.2) is 48.5 Å². The van der Waals surface area contributed by atoms with Gasteiger partial charge in [0.15, 0.2) is 0 Å². The van der Waals surface area contributed by atoms with Gasteiger partial charge in [-0.25, -0.2) is 0 Å². The van der Waals surface area contributed by atoms with Crippen molar-refractivity contribution in [1.29, 1.82) is 0 Å². The van der Waals surface area contributed by atoms with Crippen molar-refractivity contribution in [3.63, 3.8) is 0 Å². The van der Waals surface area contributed by atoms with Crippen molar-refractivity contribution in [1.82, 2.24) is 10.2 Å². The number of carboxylic acids is 1. The van der Waals surface area contributed by atoms with Gasteiger partial charge in [-0.05, 0) is 41.2 Å². The minimum absolute atomic E-state index is 0.180. The highest BCUT2D eigenvalue weighted by molar-refractivity contribution is 5.67. The number of nitrogens with one attached hydrogen (secondary N) is 1. The Balaban J connectivity index is 1.46. The fourth-order valence-corrected chi connectivity index (χ4v) is 3.70. The van der Waals surface area contributed by atoms with Crippen LogP contribution in [0.25, 0.3) is 0 Å². The van der Waals surface area contributed by atoms with Crippen molar-refractivity contribution in [2.45, 2.75) is 39.3 Å². The normalized spacial score (nSPS) is 15.8. The summed E-state index contributed by atoms with van der Waals surface area (Å²) in [4.78, 5) is 13.4. The highest BCUT2D eigenvalue weighted by Crippen LogP contribution is 2.20. The van der Waals surface area contributed by atoms with Gasteiger partial charge in [-0.2, -0.15) is 0 Å². The van der Waals surface area contributed by atoms with Crippen LogP contribution in [0.1, 0.15) is 36.5 Å². The van der Waals surface area contributed by atoms with E-state index in [0.29, 0.717) is 6.61 Å². The summed E-state index contributed by atoms with van der Waals surface area (Å²) in [6.07, 6.45) is 1.88. The number of piperazine rings is 1. The smallest absolute Gasteiger partial charge is 0.303 e. The molecule has 1 heterocycles. The third-order valence-corrected chi connectivity index (χ3v) is 5.53. The molecule has 0 saturated carbocycles. The van der Waals surface area contributed by atoms with Crippen molar-refractivity contribution in [3.05, 3.63) is 65.2 Å². The summed E-state index contributed by atoms with van der Waals surface area (Å²) in [5.41, 5.74) is 3.65. The summed E-state index contributed by atoms with van der Waals surface area (Å²) in [5.74, 6) is 0.291. The third kappa shape index (κ3) is 7.18. The highest BCUT2D eigenvalue weighted by Gasteiger charge is 2.12. The summed E-state index contributed by atoms with van der Waals surface area (Å²) in [5, 5.41) is 12.4. The largest absolute Gasteiger partial charge is 0.489 e. The number of aliphatic carboxylic acids is 1. The molecule has 0 spiro atoms. The molecule has 2 aromatic carbocycles. The molecule has 0 amide bonds. The average Bonchev–Trinajstić information content (AvgIpc) is 2.74. The second kappa shape index (κ2) is 11.0. The Morgan fingerprint density at radius 2 is 1.66 bits per heavy atom. The quantitative estimate of drug-likeness (QED) is 0.641. The Bertz CT molecular complexity index is 753. The van der Waals surface area contributed by atoms with Crippen molar-refractivity contribution >= 4 is 5.97 Å². The molecule has 2 aromatic rings. The van der Waals surface area contributed by atoms with E-state index in [4.69, 9.17) is 9.84 Å². The van der Waals surface area contributed by atoms with Gasteiger partial charge >= 0.3 is 5.97 Å². The molecule has 1 aliphatic heterocycles. The molecule has 1 unspecified atom stereocenters. The molecule has 1 aliphatic rings. The van der Waals surface area contributed by atoms with E-state index in [1.54, 1.807) is 0 Å². The van der Waals surface area contributed by atoms with Gasteiger partial charge in [0.1, 0.15) is 12.4 Å². The summed E-state index contributed by atoms with van der Waals surface area (Å²) in [6, 6.07) is 16.7. The molecule has 0 bridgehead atoms. The third-order valence-electron chi connectivity index (χ3n) is 5.53. The van der Waals surface area contributed by atoms with Crippen LogP contribution < -0.4 is 10.1 Å². The Labute approximate surface area is 173 Å². The molecule has 1 fully saturated rings. The van der Waals surface area contributed by atoms with Crippen molar-refractivity contribution < 1.29 is 14.6 Å². The van der Waals surface area contributed by atoms with E-state index in [2.05, 4.69) is 34.5 Å². The Hall–Kier alpha value is -2.37. The molecule has 1 atom stereocenters. The van der Waals surface area contributed by atoms with Gasteiger partial charge in [0, 0.05) is 39.1 Å². The van der Waals surface area contributed by atoms with E-state index in [1.165, 1.54) is 5.56 Å². The summed E-state index contributed by atoms with van der Waals surface area (Å²) in [6.45, 7) is 7.95. The minimum Gasteiger partial charge on any atom is -0.489 e. The zero-order chi connectivity index (χ0) is 20.5. The second-order valence-electron chi connectivity index (χ2n) is 7.85. The number of carboxylic acid groups (broad SMARTS) is 1. The second-order valence-corrected chi connectivity index (χ2v) is 7.85. The zero-order valence-corrected chi connectivity index (χ0v) is 17.3. The lowest BCUT2D eigenvalue weighted by Crippen LogP contribution is -2.42. The molecule has 156 valence electrons. The molecule has 0 aliphatic carbocycles. The summed E-state index contributed by atoms with van der Waals surface area (Å²) >= 11 is 0. The number of nitrogens with zero attached hydrogens (tertiary/aromatic N) is 1. The maximum Gasteiger partial charge on any atom is 0.303 e. The maximum atomic E-state index is 10.9. The fraction of sp³-hybridized carbons (Fsp3) is 0.458. The molecule has 1 saturated heterocycles. The first-order valence-corrected chi connectivity index (χ1v) is 10.6. The van der Waals surface area contributed by atoms with Crippen LogP contribution in [-0.4, -0.2) is 42.2 Å². The Morgan fingerprint density at radius 3 is 2.28 bits per heavy atom. The molecule has 0 radical (unpaired) electrons. The van der Waals surface area contributed by atoms with Gasteiger partial charge in [-0.1, -0.05) is 49.7 Å². The Kier molecular flexibility index (Phi) is 8.08. The van der Waals surface area contributed by atoms with Crippen molar-refractivity contribution in [2.24, 2.45) is 5.92 Å². The molecule has 5 heteroatoms. The van der Waals surface area contributed by atoms with E-state index in [-0.39, 0.29) is 12.3 Å². The van der Waals surface area contributed by atoms with E-state index in [9.17, 15) is 4.79 Å². The summed E-state index contributed by atoms with van der Waals surface area (Å²) in [7, 11) is 0. The first-order chi connectivity index (χ1) is 14.1. The molecule has 29 heavy (non-hydrogen) atoms. The number of benzene rings is 2. The number of hydrogen-bond acceptors (Lipinski definition) is 4. The monoisotopic (exact) mass is 396 g/mol. The lowest BCUT2D eigenvalue weighted by molar-refractivity contribution is -0.138. The Morgan fingerprint density at radius 1 is 1.03 bits per heavy atom. The fourth-order valence-electron chi connectivity index (χ4n) is 3.70. The lowest BCUT2D eigenvalue weighted by Gasteiger charge is -2.27. The van der Waals surface area contributed by atoms with Gasteiger partial charge in [0.25, 0.3) is 0 Å². The number of rotatable bonds is 10. The van der Waals surface area contributed by atoms with Crippen LogP contribution in [0, 0.1) is 5.92 Å². The minimum atomic E-state index is -0.726.